The van der Waals surface area contributed by atoms with Crippen LogP contribution in [-0.4, -0.2) is 29.8 Å². The fourth-order valence-electron chi connectivity index (χ4n) is 3.41. The molecule has 2 heterocycles. The van der Waals surface area contributed by atoms with Crippen molar-refractivity contribution in [3.05, 3.63) is 52.2 Å². The van der Waals surface area contributed by atoms with Gasteiger partial charge in [0, 0.05) is 29.6 Å². The van der Waals surface area contributed by atoms with E-state index in [-0.39, 0.29) is 17.7 Å². The molecule has 0 atom stereocenters. The fourth-order valence-corrected chi connectivity index (χ4v) is 4.11. The second-order valence-electron chi connectivity index (χ2n) is 7.14. The average Bonchev–Trinajstić information content (AvgIpc) is 3.15. The first-order valence-electron chi connectivity index (χ1n) is 9.24. The number of anilines is 1. The lowest BCUT2D eigenvalue weighted by molar-refractivity contribution is -0.133. The average molecular weight is 371 g/mol. The zero-order valence-corrected chi connectivity index (χ0v) is 16.2. The van der Waals surface area contributed by atoms with Gasteiger partial charge in [0.15, 0.2) is 0 Å². The molecule has 1 fully saturated rings. The van der Waals surface area contributed by atoms with Crippen LogP contribution in [0.2, 0.25) is 0 Å². The van der Waals surface area contributed by atoms with Crippen LogP contribution in [0.1, 0.15) is 43.0 Å². The zero-order chi connectivity index (χ0) is 18.5. The number of hydrogen-bond acceptors (Lipinski definition) is 3. The molecule has 1 aromatic heterocycles. The number of nitrogens with zero attached hydrogens (tertiary/aromatic N) is 1. The first-order chi connectivity index (χ1) is 12.5. The van der Waals surface area contributed by atoms with E-state index in [1.165, 1.54) is 0 Å². The zero-order valence-electron chi connectivity index (χ0n) is 15.4. The van der Waals surface area contributed by atoms with E-state index in [1.807, 2.05) is 40.6 Å². The van der Waals surface area contributed by atoms with Crippen LogP contribution in [0.3, 0.4) is 0 Å². The summed E-state index contributed by atoms with van der Waals surface area (Å²) in [6.45, 7) is 5.58. The van der Waals surface area contributed by atoms with E-state index in [2.05, 4.69) is 25.2 Å². The van der Waals surface area contributed by atoms with Crippen LogP contribution >= 0.6 is 11.3 Å². The highest BCUT2D eigenvalue weighted by Crippen LogP contribution is 2.26. The Hall–Kier alpha value is -2.14. The minimum Gasteiger partial charge on any atom is -0.342 e. The molecular formula is C21H26N2O2S. The maximum atomic E-state index is 12.7. The Bertz CT molecular complexity index is 747. The molecule has 0 bridgehead atoms. The number of likely N-dealkylation sites (tertiary alicyclic amines) is 1. The van der Waals surface area contributed by atoms with E-state index in [4.69, 9.17) is 0 Å². The van der Waals surface area contributed by atoms with E-state index < -0.39 is 0 Å². The highest BCUT2D eigenvalue weighted by Gasteiger charge is 2.27. The molecule has 1 saturated heterocycles. The van der Waals surface area contributed by atoms with Crippen molar-refractivity contribution in [3.63, 3.8) is 0 Å². The summed E-state index contributed by atoms with van der Waals surface area (Å²) in [5.74, 6) is 0.573. The monoisotopic (exact) mass is 370 g/mol. The molecule has 0 saturated carbocycles. The number of hydrogen-bond donors (Lipinski definition) is 1. The maximum absolute atomic E-state index is 12.7. The summed E-state index contributed by atoms with van der Waals surface area (Å²) in [7, 11) is 0. The predicted molar refractivity (Wildman–Crippen MR) is 106 cm³/mol. The number of para-hydroxylation sites is 1. The van der Waals surface area contributed by atoms with E-state index in [0.29, 0.717) is 25.4 Å². The number of piperidine rings is 1. The van der Waals surface area contributed by atoms with E-state index in [9.17, 15) is 9.59 Å². The molecule has 3 rings (SSSR count). The van der Waals surface area contributed by atoms with Crippen LogP contribution < -0.4 is 5.32 Å². The lowest BCUT2D eigenvalue weighted by Gasteiger charge is -2.31. The molecule has 26 heavy (non-hydrogen) atoms. The molecule has 0 spiro atoms. The number of rotatable bonds is 5. The molecule has 138 valence electrons. The van der Waals surface area contributed by atoms with Crippen molar-refractivity contribution in [2.24, 2.45) is 5.92 Å². The van der Waals surface area contributed by atoms with Crippen LogP contribution in [0.15, 0.2) is 41.8 Å². The Morgan fingerprint density at radius 2 is 1.88 bits per heavy atom. The van der Waals surface area contributed by atoms with Crippen molar-refractivity contribution < 1.29 is 9.59 Å². The van der Waals surface area contributed by atoms with E-state index in [0.717, 1.165) is 29.0 Å². The third-order valence-corrected chi connectivity index (χ3v) is 5.84. The standard InChI is InChI=1S/C21H26N2O2S/c1-15(2)18-7-3-4-8-19(18)22-21(25)16-9-11-23(12-10-16)20(24)14-17-6-5-13-26-17/h3-8,13,15-16H,9-12,14H2,1-2H3,(H,22,25). The minimum absolute atomic E-state index is 0.0268. The molecule has 0 radical (unpaired) electrons. The molecule has 1 aromatic carbocycles. The smallest absolute Gasteiger partial charge is 0.227 e. The summed E-state index contributed by atoms with van der Waals surface area (Å²) in [5.41, 5.74) is 2.06. The van der Waals surface area contributed by atoms with Crippen molar-refractivity contribution in [2.45, 2.75) is 39.0 Å². The molecule has 0 aliphatic carbocycles. The van der Waals surface area contributed by atoms with Gasteiger partial charge >= 0.3 is 0 Å². The molecule has 1 aliphatic heterocycles. The predicted octanol–water partition coefficient (Wildman–Crippen LogP) is 4.29. The van der Waals surface area contributed by atoms with Crippen molar-refractivity contribution in [3.8, 4) is 0 Å². The Balaban J connectivity index is 1.53. The Kier molecular flexibility index (Phi) is 6.09. The van der Waals surface area contributed by atoms with Crippen LogP contribution in [0.25, 0.3) is 0 Å². The summed E-state index contributed by atoms with van der Waals surface area (Å²) in [6, 6.07) is 11.9. The first kappa shape index (κ1) is 18.6. The second kappa shape index (κ2) is 8.49. The lowest BCUT2D eigenvalue weighted by Crippen LogP contribution is -2.42. The molecule has 1 N–H and O–H groups in total. The summed E-state index contributed by atoms with van der Waals surface area (Å²) in [6.07, 6.45) is 1.92. The number of amides is 2. The maximum Gasteiger partial charge on any atom is 0.227 e. The second-order valence-corrected chi connectivity index (χ2v) is 8.17. The topological polar surface area (TPSA) is 49.4 Å². The third-order valence-electron chi connectivity index (χ3n) is 4.96. The number of benzene rings is 1. The highest BCUT2D eigenvalue weighted by atomic mass is 32.1. The summed E-state index contributed by atoms with van der Waals surface area (Å²) >= 11 is 1.61. The number of nitrogens with one attached hydrogen (secondary N) is 1. The fraction of sp³-hybridized carbons (Fsp3) is 0.429. The molecule has 0 unspecified atom stereocenters. The van der Waals surface area contributed by atoms with Crippen LogP contribution in [0.4, 0.5) is 5.69 Å². The number of thiophene rings is 1. The van der Waals surface area contributed by atoms with Gasteiger partial charge in [-0.2, -0.15) is 0 Å². The summed E-state index contributed by atoms with van der Waals surface area (Å²) in [4.78, 5) is 28.0. The van der Waals surface area contributed by atoms with Crippen molar-refractivity contribution in [2.75, 3.05) is 18.4 Å². The Labute approximate surface area is 159 Å². The van der Waals surface area contributed by atoms with Crippen LogP contribution in [0.5, 0.6) is 0 Å². The molecular weight excluding hydrogens is 344 g/mol. The Morgan fingerprint density at radius 3 is 2.54 bits per heavy atom. The van der Waals surface area contributed by atoms with E-state index >= 15 is 0 Å². The van der Waals surface area contributed by atoms with Crippen LogP contribution in [-0.2, 0) is 16.0 Å². The van der Waals surface area contributed by atoms with Gasteiger partial charge < -0.3 is 10.2 Å². The van der Waals surface area contributed by atoms with Gasteiger partial charge in [0.05, 0.1) is 6.42 Å². The summed E-state index contributed by atoms with van der Waals surface area (Å²) < 4.78 is 0. The Morgan fingerprint density at radius 1 is 1.15 bits per heavy atom. The largest absolute Gasteiger partial charge is 0.342 e. The van der Waals surface area contributed by atoms with Gasteiger partial charge in [-0.05, 0) is 41.8 Å². The van der Waals surface area contributed by atoms with Gasteiger partial charge in [0.2, 0.25) is 11.8 Å². The normalized spacial score (nSPS) is 15.3. The van der Waals surface area contributed by atoms with Crippen molar-refractivity contribution in [1.82, 2.24) is 4.90 Å². The number of carbonyl (C=O) groups is 2. The third kappa shape index (κ3) is 4.52. The summed E-state index contributed by atoms with van der Waals surface area (Å²) in [5, 5.41) is 5.10. The van der Waals surface area contributed by atoms with Gasteiger partial charge in [-0.3, -0.25) is 9.59 Å². The van der Waals surface area contributed by atoms with Gasteiger partial charge in [0.25, 0.3) is 0 Å². The van der Waals surface area contributed by atoms with E-state index in [1.54, 1.807) is 11.3 Å². The van der Waals surface area contributed by atoms with Crippen molar-refractivity contribution >= 4 is 28.8 Å². The van der Waals surface area contributed by atoms with Gasteiger partial charge in [-0.15, -0.1) is 11.3 Å². The van der Waals surface area contributed by atoms with Crippen LogP contribution in [0, 0.1) is 5.92 Å². The molecule has 2 aromatic rings. The van der Waals surface area contributed by atoms with Crippen molar-refractivity contribution in [1.29, 1.82) is 0 Å². The molecule has 1 aliphatic rings. The first-order valence-corrected chi connectivity index (χ1v) is 10.1. The van der Waals surface area contributed by atoms with Gasteiger partial charge in [-0.25, -0.2) is 0 Å². The molecule has 5 heteroatoms. The highest BCUT2D eigenvalue weighted by molar-refractivity contribution is 7.10. The quantitative estimate of drug-likeness (QED) is 0.853. The van der Waals surface area contributed by atoms with Gasteiger partial charge in [0.1, 0.15) is 0 Å². The molecule has 2 amide bonds. The molecule has 4 nitrogen and oxygen atoms in total. The number of carbonyl (C=O) groups excluding carboxylic acids is 2. The lowest BCUT2D eigenvalue weighted by atomic mass is 9.94. The van der Waals surface area contributed by atoms with Gasteiger partial charge in [-0.1, -0.05) is 38.1 Å². The SMILES string of the molecule is CC(C)c1ccccc1NC(=O)C1CCN(C(=O)Cc2cccs2)CC1. The minimum atomic E-state index is -0.0268.